The molecule has 0 aliphatic rings. The number of benzene rings is 4. The Kier molecular flexibility index (Phi) is 6.16. The van der Waals surface area contributed by atoms with E-state index in [4.69, 9.17) is 0 Å². The van der Waals surface area contributed by atoms with Gasteiger partial charge in [-0.1, -0.05) is 53.8 Å². The zero-order valence-electron chi connectivity index (χ0n) is 18.5. The Hall–Kier alpha value is -4.96. The van der Waals surface area contributed by atoms with Gasteiger partial charge >= 0.3 is 0 Å². The van der Waals surface area contributed by atoms with Gasteiger partial charge < -0.3 is 5.32 Å². The van der Waals surface area contributed by atoms with Crippen LogP contribution in [-0.2, 0) is 0 Å². The maximum atomic E-state index is 12.9. The van der Waals surface area contributed by atoms with Crippen LogP contribution in [0.2, 0.25) is 0 Å². The number of hydrogen-bond donors (Lipinski definition) is 2. The predicted molar refractivity (Wildman–Crippen MR) is 138 cm³/mol. The highest BCUT2D eigenvalue weighted by Gasteiger charge is 2.15. The summed E-state index contributed by atoms with van der Waals surface area (Å²) in [7, 11) is 0. The number of nitrogens with one attached hydrogen (secondary N) is 2. The number of hydrogen-bond acceptors (Lipinski definition) is 7. The van der Waals surface area contributed by atoms with Crippen LogP contribution >= 0.6 is 11.3 Å². The number of amides is 2. The summed E-state index contributed by atoms with van der Waals surface area (Å²) in [5, 5.41) is 27.0. The van der Waals surface area contributed by atoms with Crippen molar-refractivity contribution < 1.29 is 14.5 Å². The molecule has 1 aromatic heterocycles. The van der Waals surface area contributed by atoms with Crippen molar-refractivity contribution in [3.05, 3.63) is 112 Å². The minimum absolute atomic E-state index is 0.0239. The molecule has 4 aromatic carbocycles. The molecule has 0 saturated carbocycles. The second-order valence-corrected chi connectivity index (χ2v) is 8.71. The highest BCUT2D eigenvalue weighted by molar-refractivity contribution is 7.18. The Morgan fingerprint density at radius 1 is 0.806 bits per heavy atom. The fraction of sp³-hybridized carbons (Fsp3) is 0. The van der Waals surface area contributed by atoms with Gasteiger partial charge in [0.2, 0.25) is 5.13 Å². The maximum absolute atomic E-state index is 12.9. The number of carbonyl (C=O) groups is 2. The summed E-state index contributed by atoms with van der Waals surface area (Å²) < 4.78 is 0. The molecule has 9 nitrogen and oxygen atoms in total. The summed E-state index contributed by atoms with van der Waals surface area (Å²) in [5.41, 5.74) is 1.97. The van der Waals surface area contributed by atoms with Gasteiger partial charge in [-0.25, -0.2) is 0 Å². The van der Waals surface area contributed by atoms with Crippen LogP contribution in [-0.4, -0.2) is 26.9 Å². The number of aromatic nitrogens is 2. The van der Waals surface area contributed by atoms with Gasteiger partial charge in [-0.2, -0.15) is 0 Å². The highest BCUT2D eigenvalue weighted by Crippen LogP contribution is 2.28. The monoisotopic (exact) mass is 495 g/mol. The summed E-state index contributed by atoms with van der Waals surface area (Å²) >= 11 is 1.14. The van der Waals surface area contributed by atoms with Gasteiger partial charge in [-0.05, 0) is 47.2 Å². The van der Waals surface area contributed by atoms with Crippen molar-refractivity contribution in [3.63, 3.8) is 0 Å². The number of nitrogens with zero attached hydrogens (tertiary/aromatic N) is 3. The molecule has 36 heavy (non-hydrogen) atoms. The first kappa shape index (κ1) is 22.8. The van der Waals surface area contributed by atoms with E-state index in [0.717, 1.165) is 22.1 Å². The number of non-ortho nitro benzene ring substituents is 1. The molecule has 0 atom stereocenters. The molecule has 0 aliphatic heterocycles. The minimum Gasteiger partial charge on any atom is -0.322 e. The Balaban J connectivity index is 1.29. The molecule has 0 spiro atoms. The van der Waals surface area contributed by atoms with E-state index in [9.17, 15) is 19.7 Å². The predicted octanol–water partition coefficient (Wildman–Crippen LogP) is 5.77. The summed E-state index contributed by atoms with van der Waals surface area (Å²) in [6, 6.07) is 25.7. The molecule has 0 aliphatic carbocycles. The van der Waals surface area contributed by atoms with E-state index >= 15 is 0 Å². The molecule has 0 unspecified atom stereocenters. The molecule has 10 heteroatoms. The molecule has 5 aromatic rings. The van der Waals surface area contributed by atoms with Gasteiger partial charge in [0, 0.05) is 34.5 Å². The Bertz CT molecular complexity index is 1610. The molecule has 2 N–H and O–H groups in total. The number of fused-ring (bicyclic) bond motifs is 1. The SMILES string of the molecule is O=C(Nc1nnc(-c2ccc([N+](=O)[O-])cc2)s1)c1cccc(NC(=O)c2cccc3ccccc23)c1. The van der Waals surface area contributed by atoms with Crippen molar-refractivity contribution >= 4 is 50.4 Å². The van der Waals surface area contributed by atoms with Crippen molar-refractivity contribution in [2.24, 2.45) is 0 Å². The van der Waals surface area contributed by atoms with Crippen LogP contribution in [0, 0.1) is 10.1 Å². The summed E-state index contributed by atoms with van der Waals surface area (Å²) in [4.78, 5) is 36.1. The van der Waals surface area contributed by atoms with Crippen LogP contribution in [0.15, 0.2) is 91.0 Å². The van der Waals surface area contributed by atoms with Gasteiger partial charge in [0.05, 0.1) is 4.92 Å². The molecule has 0 radical (unpaired) electrons. The molecule has 0 saturated heterocycles. The topological polar surface area (TPSA) is 127 Å². The number of carbonyl (C=O) groups excluding carboxylic acids is 2. The third-order valence-corrected chi connectivity index (χ3v) is 6.28. The average Bonchev–Trinajstić information content (AvgIpc) is 3.37. The second kappa shape index (κ2) is 9.72. The fourth-order valence-corrected chi connectivity index (χ4v) is 4.39. The third kappa shape index (κ3) is 4.79. The molecule has 2 amide bonds. The lowest BCUT2D eigenvalue weighted by Crippen LogP contribution is -2.15. The van der Waals surface area contributed by atoms with E-state index in [-0.39, 0.29) is 16.7 Å². The minimum atomic E-state index is -0.478. The molecular weight excluding hydrogens is 478 g/mol. The first-order chi connectivity index (χ1) is 17.5. The van der Waals surface area contributed by atoms with E-state index in [1.54, 1.807) is 42.5 Å². The Morgan fingerprint density at radius 2 is 1.56 bits per heavy atom. The number of anilines is 2. The Labute approximate surface area is 208 Å². The van der Waals surface area contributed by atoms with Gasteiger partial charge in [-0.15, -0.1) is 10.2 Å². The molecular formula is C26H17N5O4S. The molecule has 1 heterocycles. The summed E-state index contributed by atoms with van der Waals surface area (Å²) in [6.45, 7) is 0. The maximum Gasteiger partial charge on any atom is 0.269 e. The standard InChI is InChI=1S/C26H17N5O4S/c32-23(28-26-30-29-25(36-26)17-11-13-20(14-12-17)31(34)35)18-7-3-8-19(15-18)27-24(33)22-10-4-6-16-5-1-2-9-21(16)22/h1-15H,(H,27,33)(H,28,30,32). The molecule has 0 bridgehead atoms. The van der Waals surface area contributed by atoms with Crippen molar-refractivity contribution in [2.75, 3.05) is 10.6 Å². The van der Waals surface area contributed by atoms with Gasteiger partial charge in [0.1, 0.15) is 5.01 Å². The van der Waals surface area contributed by atoms with E-state index in [1.807, 2.05) is 36.4 Å². The van der Waals surface area contributed by atoms with Crippen molar-refractivity contribution in [1.82, 2.24) is 10.2 Å². The smallest absolute Gasteiger partial charge is 0.269 e. The van der Waals surface area contributed by atoms with Gasteiger partial charge in [0.25, 0.3) is 17.5 Å². The number of nitro groups is 1. The van der Waals surface area contributed by atoms with Gasteiger partial charge in [-0.3, -0.25) is 25.0 Å². The quantitative estimate of drug-likeness (QED) is 0.227. The van der Waals surface area contributed by atoms with Crippen LogP contribution in [0.5, 0.6) is 0 Å². The average molecular weight is 496 g/mol. The lowest BCUT2D eigenvalue weighted by atomic mass is 10.0. The van der Waals surface area contributed by atoms with E-state index in [1.165, 1.54) is 12.1 Å². The largest absolute Gasteiger partial charge is 0.322 e. The number of rotatable bonds is 6. The molecule has 5 rings (SSSR count). The van der Waals surface area contributed by atoms with Crippen LogP contribution < -0.4 is 10.6 Å². The Morgan fingerprint density at radius 3 is 2.36 bits per heavy atom. The third-order valence-electron chi connectivity index (χ3n) is 5.39. The zero-order valence-corrected chi connectivity index (χ0v) is 19.4. The van der Waals surface area contributed by atoms with Gasteiger partial charge in [0.15, 0.2) is 0 Å². The van der Waals surface area contributed by atoms with Crippen molar-refractivity contribution in [1.29, 1.82) is 0 Å². The van der Waals surface area contributed by atoms with E-state index in [2.05, 4.69) is 20.8 Å². The zero-order chi connectivity index (χ0) is 25.1. The second-order valence-electron chi connectivity index (χ2n) is 7.73. The first-order valence-corrected chi connectivity index (χ1v) is 11.6. The summed E-state index contributed by atoms with van der Waals surface area (Å²) in [6.07, 6.45) is 0. The fourth-order valence-electron chi connectivity index (χ4n) is 3.65. The normalized spacial score (nSPS) is 10.7. The van der Waals surface area contributed by atoms with Crippen LogP contribution in [0.25, 0.3) is 21.3 Å². The van der Waals surface area contributed by atoms with Crippen LogP contribution in [0.3, 0.4) is 0 Å². The first-order valence-electron chi connectivity index (χ1n) is 10.8. The van der Waals surface area contributed by atoms with Crippen LogP contribution in [0.1, 0.15) is 20.7 Å². The molecule has 176 valence electrons. The van der Waals surface area contributed by atoms with E-state index < -0.39 is 10.8 Å². The summed E-state index contributed by atoms with van der Waals surface area (Å²) in [5.74, 6) is -0.691. The van der Waals surface area contributed by atoms with Crippen LogP contribution in [0.4, 0.5) is 16.5 Å². The van der Waals surface area contributed by atoms with E-state index in [0.29, 0.717) is 27.4 Å². The van der Waals surface area contributed by atoms with Crippen molar-refractivity contribution in [2.45, 2.75) is 0 Å². The lowest BCUT2D eigenvalue weighted by molar-refractivity contribution is -0.384. The highest BCUT2D eigenvalue weighted by atomic mass is 32.1. The van der Waals surface area contributed by atoms with Crippen molar-refractivity contribution in [3.8, 4) is 10.6 Å². The number of nitro benzene ring substituents is 1. The lowest BCUT2D eigenvalue weighted by Gasteiger charge is -2.09. The molecule has 0 fully saturated rings.